The molecular formula is C20H20N2O6. The third-order valence-corrected chi connectivity index (χ3v) is 4.47. The molecule has 146 valence electrons. The number of fused-ring (bicyclic) bond motifs is 1. The Bertz CT molecular complexity index is 982. The molecule has 0 aliphatic carbocycles. The monoisotopic (exact) mass is 384 g/mol. The number of methoxy groups -OCH3 is 2. The van der Waals surface area contributed by atoms with Crippen molar-refractivity contribution in [2.45, 2.75) is 13.0 Å². The van der Waals surface area contributed by atoms with E-state index >= 15 is 0 Å². The summed E-state index contributed by atoms with van der Waals surface area (Å²) in [6.07, 6.45) is 0. The maximum atomic E-state index is 12.4. The SMILES string of the molecule is COC(=O)COc1ccc2ccccc2c1C1NC(=O)NC(C)=C1C(=O)OC. The Morgan fingerprint density at radius 1 is 1.07 bits per heavy atom. The predicted molar refractivity (Wildman–Crippen MR) is 101 cm³/mol. The standard InChI is InChI=1S/C20H20N2O6/c1-11-16(19(24)27-3)18(22-20(25)21-11)17-13-7-5-4-6-12(13)8-9-14(17)28-10-15(23)26-2/h4-9,18H,10H2,1-3H3,(H2,21,22,25). The minimum Gasteiger partial charge on any atom is -0.482 e. The van der Waals surface area contributed by atoms with Gasteiger partial charge in [0, 0.05) is 11.3 Å². The number of ether oxygens (including phenoxy) is 3. The summed E-state index contributed by atoms with van der Waals surface area (Å²) in [5.41, 5.74) is 1.19. The summed E-state index contributed by atoms with van der Waals surface area (Å²) in [4.78, 5) is 36.1. The van der Waals surface area contributed by atoms with Crippen molar-refractivity contribution in [3.05, 3.63) is 53.2 Å². The maximum absolute atomic E-state index is 12.4. The van der Waals surface area contributed by atoms with E-state index in [1.807, 2.05) is 30.3 Å². The number of esters is 2. The molecule has 8 nitrogen and oxygen atoms in total. The van der Waals surface area contributed by atoms with Gasteiger partial charge in [0.25, 0.3) is 0 Å². The van der Waals surface area contributed by atoms with Gasteiger partial charge in [0.1, 0.15) is 5.75 Å². The molecule has 28 heavy (non-hydrogen) atoms. The molecule has 1 unspecified atom stereocenters. The maximum Gasteiger partial charge on any atom is 0.343 e. The number of carbonyl (C=O) groups is 3. The number of urea groups is 1. The van der Waals surface area contributed by atoms with Crippen LogP contribution in [-0.2, 0) is 19.1 Å². The van der Waals surface area contributed by atoms with Gasteiger partial charge in [-0.25, -0.2) is 14.4 Å². The van der Waals surface area contributed by atoms with Crippen LogP contribution in [-0.4, -0.2) is 38.8 Å². The summed E-state index contributed by atoms with van der Waals surface area (Å²) in [5.74, 6) is -0.777. The fourth-order valence-corrected chi connectivity index (χ4v) is 3.19. The van der Waals surface area contributed by atoms with Crippen LogP contribution >= 0.6 is 0 Å². The fraction of sp³-hybridized carbons (Fsp3) is 0.250. The summed E-state index contributed by atoms with van der Waals surface area (Å²) in [7, 11) is 2.54. The molecule has 2 aromatic carbocycles. The van der Waals surface area contributed by atoms with Gasteiger partial charge in [0.15, 0.2) is 6.61 Å². The van der Waals surface area contributed by atoms with Gasteiger partial charge in [-0.3, -0.25) is 0 Å². The molecule has 0 bridgehead atoms. The van der Waals surface area contributed by atoms with Crippen molar-refractivity contribution < 1.29 is 28.6 Å². The van der Waals surface area contributed by atoms with Crippen molar-refractivity contribution in [1.29, 1.82) is 0 Å². The Labute approximate surface area is 161 Å². The molecule has 3 rings (SSSR count). The van der Waals surface area contributed by atoms with Crippen LogP contribution in [0.4, 0.5) is 4.79 Å². The largest absolute Gasteiger partial charge is 0.482 e. The Morgan fingerprint density at radius 3 is 2.54 bits per heavy atom. The normalized spacial score (nSPS) is 16.2. The smallest absolute Gasteiger partial charge is 0.343 e. The van der Waals surface area contributed by atoms with Crippen molar-refractivity contribution in [2.24, 2.45) is 0 Å². The molecule has 8 heteroatoms. The van der Waals surface area contributed by atoms with Crippen LogP contribution in [0, 0.1) is 0 Å². The lowest BCUT2D eigenvalue weighted by Gasteiger charge is -2.29. The number of allylic oxidation sites excluding steroid dienone is 1. The highest BCUT2D eigenvalue weighted by atomic mass is 16.6. The first-order chi connectivity index (χ1) is 13.5. The van der Waals surface area contributed by atoms with E-state index in [1.165, 1.54) is 14.2 Å². The molecule has 2 amide bonds. The van der Waals surface area contributed by atoms with Crippen LogP contribution in [0.15, 0.2) is 47.7 Å². The fourth-order valence-electron chi connectivity index (χ4n) is 3.19. The van der Waals surface area contributed by atoms with Gasteiger partial charge in [0.2, 0.25) is 0 Å². The number of hydrogen-bond acceptors (Lipinski definition) is 6. The second-order valence-electron chi connectivity index (χ2n) is 6.13. The molecule has 0 fully saturated rings. The second kappa shape index (κ2) is 7.99. The average molecular weight is 384 g/mol. The van der Waals surface area contributed by atoms with Crippen molar-refractivity contribution in [3.63, 3.8) is 0 Å². The van der Waals surface area contributed by atoms with E-state index in [9.17, 15) is 14.4 Å². The number of amides is 2. The third-order valence-electron chi connectivity index (χ3n) is 4.47. The van der Waals surface area contributed by atoms with Gasteiger partial charge in [0.05, 0.1) is 25.8 Å². The van der Waals surface area contributed by atoms with Gasteiger partial charge < -0.3 is 24.8 Å². The molecule has 1 aliphatic rings. The van der Waals surface area contributed by atoms with E-state index in [0.29, 0.717) is 17.0 Å². The van der Waals surface area contributed by atoms with Gasteiger partial charge in [-0.05, 0) is 23.8 Å². The van der Waals surface area contributed by atoms with Gasteiger partial charge >= 0.3 is 18.0 Å². The predicted octanol–water partition coefficient (Wildman–Crippen LogP) is 2.19. The van der Waals surface area contributed by atoms with E-state index < -0.39 is 24.0 Å². The van der Waals surface area contributed by atoms with Crippen LogP contribution in [0.2, 0.25) is 0 Å². The molecule has 0 radical (unpaired) electrons. The zero-order chi connectivity index (χ0) is 20.3. The number of carbonyl (C=O) groups excluding carboxylic acids is 3. The lowest BCUT2D eigenvalue weighted by Crippen LogP contribution is -2.45. The second-order valence-corrected chi connectivity index (χ2v) is 6.13. The first-order valence-electron chi connectivity index (χ1n) is 8.54. The number of rotatable bonds is 5. The Hall–Kier alpha value is -3.55. The average Bonchev–Trinajstić information content (AvgIpc) is 2.70. The molecule has 2 N–H and O–H groups in total. The molecular weight excluding hydrogens is 364 g/mol. The molecule has 0 saturated heterocycles. The van der Waals surface area contributed by atoms with Crippen molar-refractivity contribution >= 4 is 28.7 Å². The van der Waals surface area contributed by atoms with E-state index in [4.69, 9.17) is 9.47 Å². The molecule has 0 saturated carbocycles. The first-order valence-corrected chi connectivity index (χ1v) is 8.54. The van der Waals surface area contributed by atoms with Crippen molar-refractivity contribution in [3.8, 4) is 5.75 Å². The van der Waals surface area contributed by atoms with E-state index in [2.05, 4.69) is 15.4 Å². The van der Waals surface area contributed by atoms with Crippen molar-refractivity contribution in [2.75, 3.05) is 20.8 Å². The number of benzene rings is 2. The summed E-state index contributed by atoms with van der Waals surface area (Å²) >= 11 is 0. The number of nitrogens with one attached hydrogen (secondary N) is 2. The van der Waals surface area contributed by atoms with Crippen LogP contribution in [0.1, 0.15) is 18.5 Å². The summed E-state index contributed by atoms with van der Waals surface area (Å²) in [6, 6.07) is 9.73. The highest BCUT2D eigenvalue weighted by Crippen LogP contribution is 2.38. The zero-order valence-corrected chi connectivity index (χ0v) is 15.7. The van der Waals surface area contributed by atoms with Crippen molar-refractivity contribution in [1.82, 2.24) is 10.6 Å². The summed E-state index contributed by atoms with van der Waals surface area (Å²) in [5, 5.41) is 7.00. The Balaban J connectivity index is 2.20. The molecule has 0 spiro atoms. The minimum atomic E-state index is -0.819. The summed E-state index contributed by atoms with van der Waals surface area (Å²) < 4.78 is 15.2. The Morgan fingerprint density at radius 2 is 1.82 bits per heavy atom. The minimum absolute atomic E-state index is 0.251. The quantitative estimate of drug-likeness (QED) is 0.766. The highest BCUT2D eigenvalue weighted by Gasteiger charge is 2.34. The van der Waals surface area contributed by atoms with E-state index in [0.717, 1.165) is 10.8 Å². The highest BCUT2D eigenvalue weighted by molar-refractivity contribution is 5.98. The topological polar surface area (TPSA) is 103 Å². The Kier molecular flexibility index (Phi) is 5.49. The number of hydrogen-bond donors (Lipinski definition) is 2. The van der Waals surface area contributed by atoms with Crippen LogP contribution in [0.25, 0.3) is 10.8 Å². The lowest BCUT2D eigenvalue weighted by molar-refractivity contribution is -0.143. The van der Waals surface area contributed by atoms with Gasteiger partial charge in [-0.15, -0.1) is 0 Å². The molecule has 2 aromatic rings. The summed E-state index contributed by atoms with van der Waals surface area (Å²) in [6.45, 7) is 1.31. The molecule has 1 heterocycles. The van der Waals surface area contributed by atoms with E-state index in [1.54, 1.807) is 13.0 Å². The van der Waals surface area contributed by atoms with Crippen LogP contribution < -0.4 is 15.4 Å². The molecule has 0 aromatic heterocycles. The van der Waals surface area contributed by atoms with Crippen LogP contribution in [0.3, 0.4) is 0 Å². The molecule has 1 atom stereocenters. The first kappa shape index (κ1) is 19.2. The van der Waals surface area contributed by atoms with Crippen LogP contribution in [0.5, 0.6) is 5.75 Å². The third kappa shape index (κ3) is 3.62. The lowest BCUT2D eigenvalue weighted by atomic mass is 9.90. The zero-order valence-electron chi connectivity index (χ0n) is 15.7. The van der Waals surface area contributed by atoms with Gasteiger partial charge in [-0.2, -0.15) is 0 Å². The molecule has 1 aliphatic heterocycles. The van der Waals surface area contributed by atoms with E-state index in [-0.39, 0.29) is 12.2 Å². The van der Waals surface area contributed by atoms with Gasteiger partial charge in [-0.1, -0.05) is 30.3 Å².